The molecule has 1 aliphatic rings. The summed E-state index contributed by atoms with van der Waals surface area (Å²) in [5.41, 5.74) is 7.90. The van der Waals surface area contributed by atoms with Gasteiger partial charge in [-0.2, -0.15) is 5.10 Å². The SMILES string of the molecule is c1ccc2c(-c3nc4ccc(-c5nc6ccc(N7CC[N-]CC7)cc6[nH]5)cc4[nH]3)n[nH]c2c1. The number of hydrogen-bond donors (Lipinski definition) is 3. The van der Waals surface area contributed by atoms with E-state index >= 15 is 0 Å². The molecule has 8 heteroatoms. The lowest BCUT2D eigenvalue weighted by atomic mass is 10.2. The summed E-state index contributed by atoms with van der Waals surface area (Å²) in [5, 5.41) is 13.0. The Balaban J connectivity index is 1.26. The van der Waals surface area contributed by atoms with Gasteiger partial charge in [0.15, 0.2) is 5.82 Å². The number of aromatic amines is 3. The normalized spacial score (nSPS) is 14.6. The number of imidazole rings is 2. The average molecular weight is 433 g/mol. The van der Waals surface area contributed by atoms with Gasteiger partial charge < -0.3 is 20.2 Å². The molecule has 3 N–H and O–H groups in total. The second-order valence-electron chi connectivity index (χ2n) is 8.38. The van der Waals surface area contributed by atoms with Crippen molar-refractivity contribution in [3.8, 4) is 22.9 Å². The molecule has 0 amide bonds. The van der Waals surface area contributed by atoms with Crippen LogP contribution in [-0.4, -0.2) is 56.3 Å². The standard InChI is InChI=1S/C25H21N8/c1-2-4-18-17(3-1)23(32-31-18)25-28-19-7-5-15(13-21(19)30-25)24-27-20-8-6-16(14-22(20)29-24)33-11-9-26-10-12-33/h1-8,13-14H,9-12H2,(H,27,29)(H,28,30)(H,31,32)/q-1. The number of nitrogens with one attached hydrogen (secondary N) is 3. The zero-order chi connectivity index (χ0) is 21.8. The third-order valence-electron chi connectivity index (χ3n) is 6.34. The lowest BCUT2D eigenvalue weighted by molar-refractivity contribution is 0.759. The van der Waals surface area contributed by atoms with E-state index in [4.69, 9.17) is 9.97 Å². The van der Waals surface area contributed by atoms with Crippen LogP contribution >= 0.6 is 0 Å². The van der Waals surface area contributed by atoms with Gasteiger partial charge in [0.05, 0.1) is 27.6 Å². The Morgan fingerprint density at radius 1 is 0.758 bits per heavy atom. The number of fused-ring (bicyclic) bond motifs is 3. The smallest absolute Gasteiger partial charge is 0.159 e. The molecule has 0 unspecified atom stereocenters. The number of rotatable bonds is 3. The molecule has 0 spiro atoms. The summed E-state index contributed by atoms with van der Waals surface area (Å²) in [4.78, 5) is 18.9. The molecule has 3 aromatic carbocycles. The largest absolute Gasteiger partial charge is 0.659 e. The minimum absolute atomic E-state index is 0.752. The van der Waals surface area contributed by atoms with Gasteiger partial charge in [-0.25, -0.2) is 9.97 Å². The Bertz CT molecular complexity index is 1620. The van der Waals surface area contributed by atoms with Gasteiger partial charge in [0.1, 0.15) is 11.5 Å². The van der Waals surface area contributed by atoms with E-state index in [2.05, 4.69) is 60.7 Å². The van der Waals surface area contributed by atoms with Crippen molar-refractivity contribution in [3.63, 3.8) is 0 Å². The molecular formula is C25H21N8-. The molecule has 1 aliphatic heterocycles. The van der Waals surface area contributed by atoms with E-state index in [0.717, 1.165) is 82.1 Å². The minimum Gasteiger partial charge on any atom is -0.659 e. The molecule has 0 atom stereocenters. The molecule has 0 bridgehead atoms. The second kappa shape index (κ2) is 7.18. The van der Waals surface area contributed by atoms with Crippen LogP contribution in [0, 0.1) is 0 Å². The highest BCUT2D eigenvalue weighted by Gasteiger charge is 2.14. The second-order valence-corrected chi connectivity index (χ2v) is 8.38. The van der Waals surface area contributed by atoms with Crippen molar-refractivity contribution < 1.29 is 0 Å². The van der Waals surface area contributed by atoms with Gasteiger partial charge in [-0.15, -0.1) is 13.1 Å². The van der Waals surface area contributed by atoms with Crippen molar-refractivity contribution in [2.45, 2.75) is 0 Å². The quantitative estimate of drug-likeness (QED) is 0.371. The maximum atomic E-state index is 4.83. The summed E-state index contributed by atoms with van der Waals surface area (Å²) in [6.45, 7) is 3.73. The molecule has 8 nitrogen and oxygen atoms in total. The van der Waals surface area contributed by atoms with Gasteiger partial charge in [0, 0.05) is 16.6 Å². The van der Waals surface area contributed by atoms with Gasteiger partial charge in [-0.3, -0.25) is 5.10 Å². The molecule has 162 valence electrons. The van der Waals surface area contributed by atoms with Crippen molar-refractivity contribution >= 4 is 38.7 Å². The fourth-order valence-electron chi connectivity index (χ4n) is 4.61. The number of piperazine rings is 1. The lowest BCUT2D eigenvalue weighted by Crippen LogP contribution is -2.33. The van der Waals surface area contributed by atoms with Crippen molar-refractivity contribution in [2.24, 2.45) is 0 Å². The molecular weight excluding hydrogens is 412 g/mol. The number of anilines is 1. The number of para-hydroxylation sites is 1. The highest BCUT2D eigenvalue weighted by atomic mass is 15.2. The molecule has 1 fully saturated rings. The highest BCUT2D eigenvalue weighted by Crippen LogP contribution is 2.29. The topological polar surface area (TPSA) is 103 Å². The molecule has 33 heavy (non-hydrogen) atoms. The molecule has 0 saturated carbocycles. The van der Waals surface area contributed by atoms with Crippen molar-refractivity contribution in [1.29, 1.82) is 0 Å². The van der Waals surface area contributed by atoms with Crippen molar-refractivity contribution in [2.75, 3.05) is 31.1 Å². The first-order valence-corrected chi connectivity index (χ1v) is 11.1. The van der Waals surface area contributed by atoms with Crippen LogP contribution in [0.3, 0.4) is 0 Å². The number of aromatic nitrogens is 6. The van der Waals surface area contributed by atoms with Crippen LogP contribution in [0.2, 0.25) is 0 Å². The number of nitrogens with zero attached hydrogens (tertiary/aromatic N) is 5. The Morgan fingerprint density at radius 3 is 2.42 bits per heavy atom. The highest BCUT2D eigenvalue weighted by molar-refractivity contribution is 5.93. The van der Waals surface area contributed by atoms with Crippen molar-refractivity contribution in [3.05, 3.63) is 66.0 Å². The van der Waals surface area contributed by atoms with Crippen LogP contribution in [0.15, 0.2) is 60.7 Å². The molecule has 1 saturated heterocycles. The van der Waals surface area contributed by atoms with Gasteiger partial charge >= 0.3 is 0 Å². The van der Waals surface area contributed by atoms with Gasteiger partial charge in [0.25, 0.3) is 0 Å². The number of benzene rings is 3. The van der Waals surface area contributed by atoms with Crippen LogP contribution < -0.4 is 4.90 Å². The first-order chi connectivity index (χ1) is 16.3. The molecule has 3 aromatic heterocycles. The first kappa shape index (κ1) is 18.4. The molecule has 4 heterocycles. The maximum Gasteiger partial charge on any atom is 0.159 e. The fourth-order valence-corrected chi connectivity index (χ4v) is 4.61. The van der Waals surface area contributed by atoms with Crippen LogP contribution in [0.1, 0.15) is 0 Å². The predicted molar refractivity (Wildman–Crippen MR) is 132 cm³/mol. The van der Waals surface area contributed by atoms with E-state index in [1.54, 1.807) is 0 Å². The number of hydrogen-bond acceptors (Lipinski definition) is 4. The van der Waals surface area contributed by atoms with Gasteiger partial charge in [-0.05, 0) is 55.6 Å². The summed E-state index contributed by atoms with van der Waals surface area (Å²) >= 11 is 0. The Hall–Kier alpha value is -4.17. The monoisotopic (exact) mass is 433 g/mol. The Morgan fingerprint density at radius 2 is 1.52 bits per heavy atom. The van der Waals surface area contributed by atoms with Gasteiger partial charge in [0.2, 0.25) is 0 Å². The Labute approximate surface area is 189 Å². The van der Waals surface area contributed by atoms with E-state index in [1.165, 1.54) is 5.69 Å². The summed E-state index contributed by atoms with van der Waals surface area (Å²) in [6, 6.07) is 20.7. The third-order valence-corrected chi connectivity index (χ3v) is 6.34. The van der Waals surface area contributed by atoms with Crippen LogP contribution in [0.25, 0.3) is 61.2 Å². The molecule has 6 aromatic rings. The van der Waals surface area contributed by atoms with Crippen molar-refractivity contribution in [1.82, 2.24) is 30.1 Å². The predicted octanol–water partition coefficient (Wildman–Crippen LogP) is 4.84. The van der Waals surface area contributed by atoms with Crippen LogP contribution in [0.5, 0.6) is 0 Å². The van der Waals surface area contributed by atoms with E-state index in [0.29, 0.717) is 0 Å². The minimum atomic E-state index is 0.752. The fraction of sp³-hybridized carbons (Fsp3) is 0.160. The van der Waals surface area contributed by atoms with Crippen LogP contribution in [-0.2, 0) is 0 Å². The molecule has 7 rings (SSSR count). The molecule has 0 aliphatic carbocycles. The number of H-pyrrole nitrogens is 3. The first-order valence-electron chi connectivity index (χ1n) is 11.1. The maximum absolute atomic E-state index is 4.83. The lowest BCUT2D eigenvalue weighted by Gasteiger charge is -2.36. The summed E-state index contributed by atoms with van der Waals surface area (Å²) in [5.74, 6) is 1.60. The summed E-state index contributed by atoms with van der Waals surface area (Å²) in [6.07, 6.45) is 0. The Kier molecular flexibility index (Phi) is 4.00. The summed E-state index contributed by atoms with van der Waals surface area (Å²) < 4.78 is 0. The summed E-state index contributed by atoms with van der Waals surface area (Å²) in [7, 11) is 0. The zero-order valence-corrected chi connectivity index (χ0v) is 17.8. The zero-order valence-electron chi connectivity index (χ0n) is 17.8. The van der Waals surface area contributed by atoms with Gasteiger partial charge in [-0.1, -0.05) is 18.2 Å². The molecule has 0 radical (unpaired) electrons. The van der Waals surface area contributed by atoms with E-state index < -0.39 is 0 Å². The van der Waals surface area contributed by atoms with Crippen LogP contribution in [0.4, 0.5) is 5.69 Å². The van der Waals surface area contributed by atoms with E-state index in [9.17, 15) is 0 Å². The third kappa shape index (κ3) is 3.07. The van der Waals surface area contributed by atoms with E-state index in [-0.39, 0.29) is 0 Å². The average Bonchev–Trinajstić information content (AvgIpc) is 3.59. The van der Waals surface area contributed by atoms with E-state index in [1.807, 2.05) is 30.3 Å².